The minimum Gasteiger partial charge on any atom is -0.481 e. The van der Waals surface area contributed by atoms with Crippen LogP contribution in [0.15, 0.2) is 24.4 Å². The lowest BCUT2D eigenvalue weighted by atomic mass is 10.0. The molecule has 3 rings (SSSR count). The maximum atomic E-state index is 10.6. The molecule has 5 nitrogen and oxygen atoms in total. The van der Waals surface area contributed by atoms with Gasteiger partial charge in [0.05, 0.1) is 17.5 Å². The molecule has 0 aliphatic heterocycles. The molecule has 20 heavy (non-hydrogen) atoms. The first-order valence-electron chi connectivity index (χ1n) is 6.76. The number of carboxylic acid groups (broad SMARTS) is 1. The Kier molecular flexibility index (Phi) is 2.97. The summed E-state index contributed by atoms with van der Waals surface area (Å²) in [5, 5.41) is 8.72. The van der Waals surface area contributed by atoms with E-state index >= 15 is 0 Å². The fraction of sp³-hybridized carbons (Fsp3) is 0.333. The molecule has 0 unspecified atom stereocenters. The van der Waals surface area contributed by atoms with Crippen LogP contribution in [0.25, 0.3) is 16.8 Å². The molecule has 0 saturated heterocycles. The van der Waals surface area contributed by atoms with Crippen LogP contribution in [0.4, 0.5) is 0 Å². The van der Waals surface area contributed by atoms with Gasteiger partial charge < -0.3 is 10.1 Å². The molecule has 2 aromatic heterocycles. The predicted octanol–water partition coefficient (Wildman–Crippen LogP) is 2.96. The molecule has 0 aliphatic rings. The van der Waals surface area contributed by atoms with E-state index in [1.165, 1.54) is 5.56 Å². The average Bonchev–Trinajstić information content (AvgIpc) is 2.92. The van der Waals surface area contributed by atoms with Gasteiger partial charge >= 0.3 is 5.97 Å². The summed E-state index contributed by atoms with van der Waals surface area (Å²) in [6, 6.07) is 6.29. The molecule has 0 aliphatic carbocycles. The Morgan fingerprint density at radius 1 is 1.45 bits per heavy atom. The fourth-order valence-corrected chi connectivity index (χ4v) is 2.39. The highest BCUT2D eigenvalue weighted by molar-refractivity contribution is 5.80. The van der Waals surface area contributed by atoms with Gasteiger partial charge in [0.25, 0.3) is 0 Å². The molecule has 1 aromatic carbocycles. The largest absolute Gasteiger partial charge is 0.481 e. The van der Waals surface area contributed by atoms with Crippen molar-refractivity contribution in [3.05, 3.63) is 35.7 Å². The van der Waals surface area contributed by atoms with E-state index in [2.05, 4.69) is 42.0 Å². The number of nitrogens with one attached hydrogen (secondary N) is 1. The van der Waals surface area contributed by atoms with Crippen molar-refractivity contribution in [1.82, 2.24) is 14.4 Å². The number of aryl methyl sites for hydroxylation is 1. The Bertz CT molecular complexity index is 783. The Hall–Kier alpha value is -2.30. The molecule has 2 N–H and O–H groups in total. The van der Waals surface area contributed by atoms with Gasteiger partial charge in [0.1, 0.15) is 0 Å². The molecular formula is C15H17N3O2. The van der Waals surface area contributed by atoms with Crippen LogP contribution in [-0.4, -0.2) is 25.4 Å². The zero-order chi connectivity index (χ0) is 14.3. The third-order valence-corrected chi connectivity index (χ3v) is 3.55. The number of carboxylic acids is 1. The third kappa shape index (κ3) is 2.15. The minimum absolute atomic E-state index is 0.124. The van der Waals surface area contributed by atoms with Crippen molar-refractivity contribution in [2.24, 2.45) is 0 Å². The first-order chi connectivity index (χ1) is 9.54. The molecule has 2 heterocycles. The van der Waals surface area contributed by atoms with Crippen LogP contribution in [0.1, 0.15) is 37.4 Å². The zero-order valence-electron chi connectivity index (χ0n) is 11.6. The Labute approximate surface area is 116 Å². The summed E-state index contributed by atoms with van der Waals surface area (Å²) in [7, 11) is 0. The normalized spacial score (nSPS) is 11.8. The monoisotopic (exact) mass is 271 g/mol. The second kappa shape index (κ2) is 4.67. The molecule has 3 aromatic rings. The van der Waals surface area contributed by atoms with E-state index in [4.69, 9.17) is 5.11 Å². The second-order valence-corrected chi connectivity index (χ2v) is 5.38. The number of H-pyrrole nitrogens is 1. The van der Waals surface area contributed by atoms with Crippen LogP contribution in [0.5, 0.6) is 0 Å². The quantitative estimate of drug-likeness (QED) is 0.766. The van der Waals surface area contributed by atoms with Gasteiger partial charge in [-0.2, -0.15) is 0 Å². The van der Waals surface area contributed by atoms with Crippen molar-refractivity contribution < 1.29 is 9.90 Å². The van der Waals surface area contributed by atoms with Gasteiger partial charge in [-0.3, -0.25) is 9.20 Å². The topological polar surface area (TPSA) is 70.4 Å². The summed E-state index contributed by atoms with van der Waals surface area (Å²) in [5.74, 6) is 0.454. The number of aromatic nitrogens is 3. The summed E-state index contributed by atoms with van der Waals surface area (Å²) in [5.41, 5.74) is 4.17. The van der Waals surface area contributed by atoms with Gasteiger partial charge in [-0.1, -0.05) is 19.9 Å². The lowest BCUT2D eigenvalue weighted by Crippen LogP contribution is -1.97. The highest BCUT2D eigenvalue weighted by Gasteiger charge is 2.10. The number of nitrogens with zero attached hydrogens (tertiary/aromatic N) is 2. The number of hydrogen-bond acceptors (Lipinski definition) is 2. The van der Waals surface area contributed by atoms with Crippen molar-refractivity contribution in [3.63, 3.8) is 0 Å². The SMILES string of the molecule is CC(C)c1ccc2c(c1)nc1[nH]c(CCC(=O)O)cn12. The summed E-state index contributed by atoms with van der Waals surface area (Å²) in [4.78, 5) is 18.3. The number of rotatable bonds is 4. The van der Waals surface area contributed by atoms with E-state index in [1.807, 2.05) is 10.6 Å². The summed E-state index contributed by atoms with van der Waals surface area (Å²) in [6.45, 7) is 4.32. The average molecular weight is 271 g/mol. The first-order valence-corrected chi connectivity index (χ1v) is 6.76. The molecule has 5 heteroatoms. The number of benzene rings is 1. The summed E-state index contributed by atoms with van der Waals surface area (Å²) in [6.07, 6.45) is 2.55. The minimum atomic E-state index is -0.788. The number of carbonyl (C=O) groups is 1. The van der Waals surface area contributed by atoms with Gasteiger partial charge in [-0.25, -0.2) is 4.98 Å². The Morgan fingerprint density at radius 2 is 2.25 bits per heavy atom. The fourth-order valence-electron chi connectivity index (χ4n) is 2.39. The smallest absolute Gasteiger partial charge is 0.303 e. The van der Waals surface area contributed by atoms with Gasteiger partial charge in [-0.15, -0.1) is 0 Å². The van der Waals surface area contributed by atoms with Crippen molar-refractivity contribution in [1.29, 1.82) is 0 Å². The summed E-state index contributed by atoms with van der Waals surface area (Å²) >= 11 is 0. The maximum Gasteiger partial charge on any atom is 0.303 e. The lowest BCUT2D eigenvalue weighted by molar-refractivity contribution is -0.136. The zero-order valence-corrected chi connectivity index (χ0v) is 11.6. The standard InChI is InChI=1S/C15H17N3O2/c1-9(2)10-3-5-13-12(7-10)17-15-16-11(8-18(13)15)4-6-14(19)20/h3,5,7-9H,4,6H2,1-2H3,(H,16,17)(H,19,20). The van der Waals surface area contributed by atoms with Crippen LogP contribution in [-0.2, 0) is 11.2 Å². The molecule has 104 valence electrons. The highest BCUT2D eigenvalue weighted by atomic mass is 16.4. The van der Waals surface area contributed by atoms with Gasteiger partial charge in [0, 0.05) is 11.9 Å². The lowest BCUT2D eigenvalue weighted by Gasteiger charge is -2.03. The van der Waals surface area contributed by atoms with E-state index in [-0.39, 0.29) is 6.42 Å². The Morgan fingerprint density at radius 3 is 2.95 bits per heavy atom. The molecule has 0 saturated carbocycles. The first kappa shape index (κ1) is 12.7. The van der Waals surface area contributed by atoms with E-state index < -0.39 is 5.97 Å². The number of aliphatic carboxylic acids is 1. The van der Waals surface area contributed by atoms with Crippen LogP contribution < -0.4 is 0 Å². The molecule has 0 radical (unpaired) electrons. The number of imidazole rings is 2. The van der Waals surface area contributed by atoms with Gasteiger partial charge in [0.15, 0.2) is 0 Å². The van der Waals surface area contributed by atoms with Crippen molar-refractivity contribution >= 4 is 22.8 Å². The van der Waals surface area contributed by atoms with E-state index in [0.29, 0.717) is 12.3 Å². The van der Waals surface area contributed by atoms with Crippen LogP contribution >= 0.6 is 0 Å². The van der Waals surface area contributed by atoms with E-state index in [1.54, 1.807) is 0 Å². The van der Waals surface area contributed by atoms with Crippen molar-refractivity contribution in [2.45, 2.75) is 32.6 Å². The van der Waals surface area contributed by atoms with Crippen LogP contribution in [0.2, 0.25) is 0 Å². The van der Waals surface area contributed by atoms with Crippen LogP contribution in [0, 0.1) is 0 Å². The van der Waals surface area contributed by atoms with Crippen molar-refractivity contribution in [3.8, 4) is 0 Å². The Balaban J connectivity index is 2.02. The van der Waals surface area contributed by atoms with E-state index in [0.717, 1.165) is 22.5 Å². The molecule has 0 atom stereocenters. The highest BCUT2D eigenvalue weighted by Crippen LogP contribution is 2.22. The number of fused-ring (bicyclic) bond motifs is 3. The van der Waals surface area contributed by atoms with Crippen LogP contribution in [0.3, 0.4) is 0 Å². The molecule has 0 amide bonds. The third-order valence-electron chi connectivity index (χ3n) is 3.55. The number of hydrogen-bond donors (Lipinski definition) is 2. The van der Waals surface area contributed by atoms with E-state index in [9.17, 15) is 4.79 Å². The predicted molar refractivity (Wildman–Crippen MR) is 77.1 cm³/mol. The molecule has 0 fully saturated rings. The maximum absolute atomic E-state index is 10.6. The molecule has 0 bridgehead atoms. The molecular weight excluding hydrogens is 254 g/mol. The van der Waals surface area contributed by atoms with Gasteiger partial charge in [0.2, 0.25) is 5.78 Å². The summed E-state index contributed by atoms with van der Waals surface area (Å²) < 4.78 is 1.98. The van der Waals surface area contributed by atoms with Gasteiger partial charge in [-0.05, 0) is 30.0 Å². The number of aromatic amines is 1. The van der Waals surface area contributed by atoms with Crippen molar-refractivity contribution in [2.75, 3.05) is 0 Å². The second-order valence-electron chi connectivity index (χ2n) is 5.38. The molecule has 0 spiro atoms.